The van der Waals surface area contributed by atoms with Crippen LogP contribution in [-0.2, 0) is 4.79 Å². The fourth-order valence-corrected chi connectivity index (χ4v) is 2.75. The minimum Gasteiger partial charge on any atom is -0.382 e. The maximum atomic E-state index is 12.0. The topological polar surface area (TPSA) is 86.7 Å². The first-order valence-corrected chi connectivity index (χ1v) is 8.08. The lowest BCUT2D eigenvalue weighted by molar-refractivity contribution is -0.120. The minimum absolute atomic E-state index is 0.130. The Labute approximate surface area is 131 Å². The van der Waals surface area contributed by atoms with Crippen molar-refractivity contribution in [1.29, 1.82) is 0 Å². The number of imidazole rings is 1. The van der Waals surface area contributed by atoms with E-state index in [1.165, 1.54) is 32.0 Å². The zero-order valence-corrected chi connectivity index (χ0v) is 13.5. The van der Waals surface area contributed by atoms with Gasteiger partial charge in [-0.25, -0.2) is 15.0 Å². The van der Waals surface area contributed by atoms with Crippen molar-refractivity contribution in [3.05, 3.63) is 12.7 Å². The zero-order valence-electron chi connectivity index (χ0n) is 13.5. The lowest BCUT2D eigenvalue weighted by atomic mass is 10.0. The molecule has 6 heteroatoms. The number of unbranched alkanes of at least 4 members (excludes halogenated alkanes) is 5. The molecule has 0 saturated carbocycles. The van der Waals surface area contributed by atoms with Crippen LogP contribution in [-0.4, -0.2) is 25.3 Å². The third-order valence-electron chi connectivity index (χ3n) is 4.02. The molecule has 0 spiro atoms. The molecule has 2 heterocycles. The molecule has 0 radical (unpaired) electrons. The molecule has 6 nitrogen and oxygen atoms in total. The van der Waals surface area contributed by atoms with E-state index in [4.69, 9.17) is 5.73 Å². The van der Waals surface area contributed by atoms with Crippen LogP contribution in [0.5, 0.6) is 0 Å². The van der Waals surface area contributed by atoms with Crippen molar-refractivity contribution in [3.8, 4) is 0 Å². The summed E-state index contributed by atoms with van der Waals surface area (Å²) in [7, 11) is 0. The van der Waals surface area contributed by atoms with E-state index in [-0.39, 0.29) is 11.8 Å². The molecule has 0 bridgehead atoms. The Morgan fingerprint density at radius 2 is 1.91 bits per heavy atom. The quantitative estimate of drug-likeness (QED) is 0.718. The molecular weight excluding hydrogens is 278 g/mol. The zero-order chi connectivity index (χ0) is 15.9. The summed E-state index contributed by atoms with van der Waals surface area (Å²) in [6.45, 7) is 3.83. The summed E-state index contributed by atoms with van der Waals surface area (Å²) in [5.41, 5.74) is 7.01. The van der Waals surface area contributed by atoms with Crippen LogP contribution in [0.2, 0.25) is 0 Å². The van der Waals surface area contributed by atoms with Crippen molar-refractivity contribution in [3.63, 3.8) is 0 Å². The SMILES string of the molecule is CCCCCCCCC(C(C)=O)n1cnc2c(N)ncnc21. The minimum atomic E-state index is -0.217. The molecule has 22 heavy (non-hydrogen) atoms. The van der Waals surface area contributed by atoms with Gasteiger partial charge >= 0.3 is 0 Å². The highest BCUT2D eigenvalue weighted by Gasteiger charge is 2.20. The Morgan fingerprint density at radius 3 is 2.64 bits per heavy atom. The normalized spacial score (nSPS) is 12.6. The Morgan fingerprint density at radius 1 is 1.18 bits per heavy atom. The van der Waals surface area contributed by atoms with Crippen molar-refractivity contribution in [2.24, 2.45) is 0 Å². The third kappa shape index (κ3) is 3.81. The van der Waals surface area contributed by atoms with Gasteiger partial charge in [0.15, 0.2) is 17.2 Å². The molecule has 0 saturated heterocycles. The Bertz CT molecular complexity index is 622. The number of fused-ring (bicyclic) bond motifs is 1. The third-order valence-corrected chi connectivity index (χ3v) is 4.02. The molecule has 2 rings (SSSR count). The molecule has 2 aromatic rings. The van der Waals surface area contributed by atoms with E-state index in [1.54, 1.807) is 13.3 Å². The van der Waals surface area contributed by atoms with Gasteiger partial charge in [0.2, 0.25) is 0 Å². The summed E-state index contributed by atoms with van der Waals surface area (Å²) in [4.78, 5) is 24.4. The molecule has 0 aliphatic rings. The standard InChI is InChI=1S/C16H25N5O/c1-3-4-5-6-7-8-9-13(12(2)22)21-11-20-14-15(17)18-10-19-16(14)21/h10-11,13H,3-9H2,1-2H3,(H2,17,18,19). The summed E-state index contributed by atoms with van der Waals surface area (Å²) >= 11 is 0. The van der Waals surface area contributed by atoms with Gasteiger partial charge in [-0.15, -0.1) is 0 Å². The van der Waals surface area contributed by atoms with Gasteiger partial charge in [0.25, 0.3) is 0 Å². The van der Waals surface area contributed by atoms with Gasteiger partial charge in [0.05, 0.1) is 12.4 Å². The van der Waals surface area contributed by atoms with Gasteiger partial charge in [-0.1, -0.05) is 45.4 Å². The van der Waals surface area contributed by atoms with E-state index < -0.39 is 0 Å². The Balaban J connectivity index is 2.04. The first kappa shape index (κ1) is 16.4. The van der Waals surface area contributed by atoms with Crippen LogP contribution in [0.4, 0.5) is 5.82 Å². The molecule has 0 aromatic carbocycles. The first-order valence-electron chi connectivity index (χ1n) is 8.08. The highest BCUT2D eigenvalue weighted by Crippen LogP contribution is 2.23. The second kappa shape index (κ2) is 7.87. The number of carbonyl (C=O) groups excluding carboxylic acids is 1. The lowest BCUT2D eigenvalue weighted by Crippen LogP contribution is -2.17. The maximum Gasteiger partial charge on any atom is 0.166 e. The van der Waals surface area contributed by atoms with Crippen LogP contribution in [0.3, 0.4) is 0 Å². The van der Waals surface area contributed by atoms with E-state index in [0.29, 0.717) is 17.0 Å². The van der Waals surface area contributed by atoms with Gasteiger partial charge in [-0.05, 0) is 13.3 Å². The van der Waals surface area contributed by atoms with Gasteiger partial charge in [-0.2, -0.15) is 0 Å². The number of nitrogen functional groups attached to an aromatic ring is 1. The molecule has 0 amide bonds. The van der Waals surface area contributed by atoms with Crippen molar-refractivity contribution >= 4 is 22.8 Å². The van der Waals surface area contributed by atoms with Crippen LogP contribution in [0.1, 0.15) is 64.8 Å². The second-order valence-corrected chi connectivity index (χ2v) is 5.77. The largest absolute Gasteiger partial charge is 0.382 e. The highest BCUT2D eigenvalue weighted by molar-refractivity contribution is 5.85. The molecule has 1 atom stereocenters. The lowest BCUT2D eigenvalue weighted by Gasteiger charge is -2.16. The number of rotatable bonds is 9. The van der Waals surface area contributed by atoms with Crippen molar-refractivity contribution in [2.75, 3.05) is 5.73 Å². The second-order valence-electron chi connectivity index (χ2n) is 5.77. The van der Waals surface area contributed by atoms with Crippen molar-refractivity contribution in [1.82, 2.24) is 19.5 Å². The molecule has 120 valence electrons. The van der Waals surface area contributed by atoms with Gasteiger partial charge in [0, 0.05) is 0 Å². The number of nitrogens with two attached hydrogens (primary N) is 1. The monoisotopic (exact) mass is 303 g/mol. The summed E-state index contributed by atoms with van der Waals surface area (Å²) in [6, 6.07) is -0.217. The van der Waals surface area contributed by atoms with Crippen molar-refractivity contribution in [2.45, 2.75) is 64.8 Å². The van der Waals surface area contributed by atoms with E-state index in [2.05, 4.69) is 21.9 Å². The van der Waals surface area contributed by atoms with E-state index in [9.17, 15) is 4.79 Å². The summed E-state index contributed by atoms with van der Waals surface area (Å²) in [6.07, 6.45) is 11.1. The maximum absolute atomic E-state index is 12.0. The molecule has 2 N–H and O–H groups in total. The van der Waals surface area contributed by atoms with Gasteiger partial charge in [0.1, 0.15) is 11.8 Å². The molecule has 1 unspecified atom stereocenters. The van der Waals surface area contributed by atoms with Crippen LogP contribution < -0.4 is 5.73 Å². The van der Waals surface area contributed by atoms with E-state index in [1.807, 2.05) is 4.57 Å². The number of carbonyl (C=O) groups is 1. The van der Waals surface area contributed by atoms with Crippen LogP contribution in [0.15, 0.2) is 12.7 Å². The first-order chi connectivity index (χ1) is 10.6. The van der Waals surface area contributed by atoms with Crippen LogP contribution in [0.25, 0.3) is 11.2 Å². The molecule has 0 aliphatic carbocycles. The number of nitrogens with zero attached hydrogens (tertiary/aromatic N) is 4. The molecule has 2 aromatic heterocycles. The average molecular weight is 303 g/mol. The number of hydrogen-bond donors (Lipinski definition) is 1. The summed E-state index contributed by atoms with van der Waals surface area (Å²) in [5.74, 6) is 0.482. The number of ketones is 1. The fourth-order valence-electron chi connectivity index (χ4n) is 2.75. The fraction of sp³-hybridized carbons (Fsp3) is 0.625. The number of aromatic nitrogens is 4. The number of anilines is 1. The van der Waals surface area contributed by atoms with Gasteiger partial charge in [-0.3, -0.25) is 4.79 Å². The highest BCUT2D eigenvalue weighted by atomic mass is 16.1. The molecular formula is C16H25N5O. The number of Topliss-reactive ketones (excluding diaryl/α,β-unsaturated/α-hetero) is 1. The Kier molecular flexibility index (Phi) is 5.86. The van der Waals surface area contributed by atoms with Crippen LogP contribution in [0, 0.1) is 0 Å². The summed E-state index contributed by atoms with van der Waals surface area (Å²) in [5, 5.41) is 0. The predicted molar refractivity (Wildman–Crippen MR) is 87.4 cm³/mol. The predicted octanol–water partition coefficient (Wildman–Crippen LogP) is 3.29. The smallest absolute Gasteiger partial charge is 0.166 e. The van der Waals surface area contributed by atoms with Gasteiger partial charge < -0.3 is 10.3 Å². The number of hydrogen-bond acceptors (Lipinski definition) is 5. The Hall–Kier alpha value is -1.98. The van der Waals surface area contributed by atoms with Crippen molar-refractivity contribution < 1.29 is 4.79 Å². The van der Waals surface area contributed by atoms with E-state index in [0.717, 1.165) is 19.3 Å². The molecule has 0 aliphatic heterocycles. The summed E-state index contributed by atoms with van der Waals surface area (Å²) < 4.78 is 1.84. The van der Waals surface area contributed by atoms with E-state index >= 15 is 0 Å². The molecule has 0 fully saturated rings. The van der Waals surface area contributed by atoms with Crippen LogP contribution >= 0.6 is 0 Å². The average Bonchev–Trinajstić information content (AvgIpc) is 2.91.